The van der Waals surface area contributed by atoms with Gasteiger partial charge in [0.05, 0.1) is 25.4 Å². The Hall–Kier alpha value is -1.28. The molecule has 0 saturated carbocycles. The fraction of sp³-hybridized carbons (Fsp3) is 0.821. The van der Waals surface area contributed by atoms with Crippen molar-refractivity contribution in [2.75, 3.05) is 19.8 Å². The van der Waals surface area contributed by atoms with E-state index in [1.54, 1.807) is 6.08 Å². The van der Waals surface area contributed by atoms with E-state index in [0.717, 1.165) is 44.9 Å². The molecule has 9 heteroatoms. The lowest BCUT2D eigenvalue weighted by Gasteiger charge is -2.23. The molecule has 0 rings (SSSR count). The first kappa shape index (κ1) is 46.7. The first-order chi connectivity index (χ1) is 23.4. The number of unbranched alkanes of at least 4 members (excludes halogenated alkanes) is 20. The quantitative estimate of drug-likeness (QED) is 0.0291. The molecule has 3 unspecified atom stereocenters. The summed E-state index contributed by atoms with van der Waals surface area (Å²) >= 11 is 0. The molecule has 282 valence electrons. The number of aliphatic hydroxyl groups excluding tert-OH is 1. The average molecular weight is 699 g/mol. The Morgan fingerprint density at radius 2 is 1.10 bits per heavy atom. The van der Waals surface area contributed by atoms with Crippen LogP contribution in [0.4, 0.5) is 0 Å². The molecule has 0 aliphatic heterocycles. The summed E-state index contributed by atoms with van der Waals surface area (Å²) in [6.07, 6.45) is 40.6. The Balaban J connectivity index is 4.31. The van der Waals surface area contributed by atoms with Gasteiger partial charge in [-0.25, -0.2) is 4.57 Å². The molecule has 5 N–H and O–H groups in total. The van der Waals surface area contributed by atoms with Gasteiger partial charge in [-0.05, 0) is 44.9 Å². The zero-order chi connectivity index (χ0) is 35.4. The number of hydrogen-bond acceptors (Lipinski definition) is 6. The van der Waals surface area contributed by atoms with Gasteiger partial charge < -0.3 is 21.1 Å². The molecule has 0 aromatic rings. The maximum atomic E-state index is 12.6. The van der Waals surface area contributed by atoms with Gasteiger partial charge in [0.25, 0.3) is 0 Å². The first-order valence-corrected chi connectivity index (χ1v) is 21.1. The number of rotatable bonds is 36. The predicted octanol–water partition coefficient (Wildman–Crippen LogP) is 10.4. The van der Waals surface area contributed by atoms with Gasteiger partial charge in [0, 0.05) is 13.0 Å². The normalized spacial score (nSPS) is 14.7. The number of aliphatic hydroxyl groups is 1. The van der Waals surface area contributed by atoms with E-state index in [9.17, 15) is 19.4 Å². The van der Waals surface area contributed by atoms with Crippen LogP contribution in [0, 0.1) is 0 Å². The molecule has 0 spiro atoms. The van der Waals surface area contributed by atoms with Crippen LogP contribution in [0.3, 0.4) is 0 Å². The van der Waals surface area contributed by atoms with Crippen LogP contribution in [-0.4, -0.2) is 47.8 Å². The number of nitrogens with one attached hydrogen (secondary N) is 1. The fourth-order valence-corrected chi connectivity index (χ4v) is 6.22. The number of amides is 1. The second-order valence-electron chi connectivity index (χ2n) is 13.1. The zero-order valence-corrected chi connectivity index (χ0v) is 31.9. The van der Waals surface area contributed by atoms with Gasteiger partial charge in [0.15, 0.2) is 0 Å². The van der Waals surface area contributed by atoms with Crippen molar-refractivity contribution in [3.8, 4) is 0 Å². The Labute approximate surface area is 295 Å². The minimum Gasteiger partial charge on any atom is -0.387 e. The molecule has 1 amide bonds. The number of allylic oxidation sites excluding steroid dienone is 5. The molecule has 8 nitrogen and oxygen atoms in total. The van der Waals surface area contributed by atoms with Crippen LogP contribution < -0.4 is 11.1 Å². The molecule has 0 aromatic carbocycles. The number of phosphoric acid groups is 1. The molecule has 3 atom stereocenters. The number of hydrogen-bond donors (Lipinski definition) is 4. The summed E-state index contributed by atoms with van der Waals surface area (Å²) in [5, 5.41) is 13.6. The van der Waals surface area contributed by atoms with Crippen molar-refractivity contribution < 1.29 is 28.4 Å². The summed E-state index contributed by atoms with van der Waals surface area (Å²) in [5.74, 6) is -0.213. The van der Waals surface area contributed by atoms with E-state index >= 15 is 0 Å². The Kier molecular flexibility index (Phi) is 34.6. The maximum Gasteiger partial charge on any atom is 0.472 e. The van der Waals surface area contributed by atoms with Crippen molar-refractivity contribution in [1.29, 1.82) is 0 Å². The maximum absolute atomic E-state index is 12.6. The minimum atomic E-state index is -4.34. The monoisotopic (exact) mass is 699 g/mol. The highest BCUT2D eigenvalue weighted by atomic mass is 31.2. The van der Waals surface area contributed by atoms with Gasteiger partial charge in [-0.3, -0.25) is 13.8 Å². The molecule has 0 heterocycles. The van der Waals surface area contributed by atoms with E-state index in [-0.39, 0.29) is 25.7 Å². The summed E-state index contributed by atoms with van der Waals surface area (Å²) in [4.78, 5) is 22.5. The van der Waals surface area contributed by atoms with E-state index in [2.05, 4.69) is 43.5 Å². The van der Waals surface area contributed by atoms with E-state index in [0.29, 0.717) is 6.42 Å². The zero-order valence-electron chi connectivity index (χ0n) is 31.0. The highest BCUT2D eigenvalue weighted by molar-refractivity contribution is 7.47. The van der Waals surface area contributed by atoms with Gasteiger partial charge >= 0.3 is 7.82 Å². The molecule has 0 aliphatic carbocycles. The SMILES string of the molecule is CCCCCCCCCCCC/C=C/CC/C=C/CC/C=C/C(O)C(COP(=O)(O)OCCN)NC(=O)CCCCCCCCCCC. The molecular weight excluding hydrogens is 623 g/mol. The van der Waals surface area contributed by atoms with Gasteiger partial charge in [0.1, 0.15) is 0 Å². The van der Waals surface area contributed by atoms with E-state index in [1.165, 1.54) is 109 Å². The molecule has 48 heavy (non-hydrogen) atoms. The lowest BCUT2D eigenvalue weighted by Crippen LogP contribution is -2.45. The number of carbonyl (C=O) groups is 1. The lowest BCUT2D eigenvalue weighted by molar-refractivity contribution is -0.123. The van der Waals surface area contributed by atoms with Crippen molar-refractivity contribution in [2.45, 2.75) is 187 Å². The Morgan fingerprint density at radius 1 is 0.667 bits per heavy atom. The highest BCUT2D eigenvalue weighted by Gasteiger charge is 2.26. The van der Waals surface area contributed by atoms with Crippen molar-refractivity contribution in [3.63, 3.8) is 0 Å². The topological polar surface area (TPSA) is 131 Å². The lowest BCUT2D eigenvalue weighted by atomic mass is 10.1. The van der Waals surface area contributed by atoms with Crippen molar-refractivity contribution in [2.24, 2.45) is 5.73 Å². The second-order valence-corrected chi connectivity index (χ2v) is 14.6. The molecular formula is C39H75N2O6P. The summed E-state index contributed by atoms with van der Waals surface area (Å²) in [5.41, 5.74) is 5.35. The van der Waals surface area contributed by atoms with E-state index in [4.69, 9.17) is 14.8 Å². The second kappa shape index (κ2) is 35.5. The van der Waals surface area contributed by atoms with Crippen LogP contribution in [0.25, 0.3) is 0 Å². The molecule has 0 aromatic heterocycles. The molecule has 0 aliphatic rings. The fourth-order valence-electron chi connectivity index (χ4n) is 5.46. The number of phosphoric ester groups is 1. The third kappa shape index (κ3) is 33.2. The van der Waals surface area contributed by atoms with Crippen LogP contribution in [0.5, 0.6) is 0 Å². The summed E-state index contributed by atoms with van der Waals surface area (Å²) < 4.78 is 22.0. The van der Waals surface area contributed by atoms with Crippen LogP contribution >= 0.6 is 7.82 Å². The summed E-state index contributed by atoms with van der Waals surface area (Å²) in [6.45, 7) is 4.07. The smallest absolute Gasteiger partial charge is 0.387 e. The average Bonchev–Trinajstić information content (AvgIpc) is 3.07. The largest absolute Gasteiger partial charge is 0.472 e. The van der Waals surface area contributed by atoms with Crippen molar-refractivity contribution in [3.05, 3.63) is 36.5 Å². The summed E-state index contributed by atoms with van der Waals surface area (Å²) in [7, 11) is -4.34. The minimum absolute atomic E-state index is 0.0722. The standard InChI is InChI=1S/C39H75N2O6P/c1-3-5-7-9-11-13-14-15-16-17-18-19-20-21-22-23-25-26-28-30-32-38(42)37(36-47-48(44,45)46-35-34-40)41-39(43)33-31-29-27-24-12-10-8-6-4-2/h19-20,23,25,30,32,37-38,42H,3-18,21-22,24,26-29,31,33-36,40H2,1-2H3,(H,41,43)(H,44,45)/b20-19+,25-23+,32-30+. The van der Waals surface area contributed by atoms with Crippen LogP contribution in [0.15, 0.2) is 36.5 Å². The van der Waals surface area contributed by atoms with Crippen molar-refractivity contribution in [1.82, 2.24) is 5.32 Å². The van der Waals surface area contributed by atoms with Gasteiger partial charge in [0.2, 0.25) is 5.91 Å². The van der Waals surface area contributed by atoms with Crippen LogP contribution in [-0.2, 0) is 18.4 Å². The Morgan fingerprint density at radius 3 is 1.60 bits per heavy atom. The highest BCUT2D eigenvalue weighted by Crippen LogP contribution is 2.43. The third-order valence-corrected chi connectivity index (χ3v) is 9.43. The van der Waals surface area contributed by atoms with E-state index in [1.807, 2.05) is 6.08 Å². The number of nitrogens with two attached hydrogens (primary N) is 1. The summed E-state index contributed by atoms with van der Waals surface area (Å²) in [6, 6.07) is -0.878. The van der Waals surface area contributed by atoms with Crippen molar-refractivity contribution >= 4 is 13.7 Å². The van der Waals surface area contributed by atoms with Crippen LogP contribution in [0.1, 0.15) is 174 Å². The van der Waals surface area contributed by atoms with Gasteiger partial charge in [-0.2, -0.15) is 0 Å². The first-order valence-electron chi connectivity index (χ1n) is 19.6. The van der Waals surface area contributed by atoms with Crippen LogP contribution in [0.2, 0.25) is 0 Å². The predicted molar refractivity (Wildman–Crippen MR) is 203 cm³/mol. The van der Waals surface area contributed by atoms with Gasteiger partial charge in [-0.15, -0.1) is 0 Å². The molecule has 0 saturated heterocycles. The number of carbonyl (C=O) groups excluding carboxylic acids is 1. The molecule has 0 bridgehead atoms. The molecule has 0 fully saturated rings. The third-order valence-electron chi connectivity index (χ3n) is 8.45. The van der Waals surface area contributed by atoms with Gasteiger partial charge in [-0.1, -0.05) is 159 Å². The molecule has 0 radical (unpaired) electrons. The Bertz CT molecular complexity index is 850. The van der Waals surface area contributed by atoms with E-state index < -0.39 is 20.0 Å².